The van der Waals surface area contributed by atoms with Gasteiger partial charge in [0.15, 0.2) is 0 Å². The quantitative estimate of drug-likeness (QED) is 0.828. The van der Waals surface area contributed by atoms with Crippen LogP contribution in [0.1, 0.15) is 13.8 Å². The normalized spacial score (nSPS) is 10.9. The summed E-state index contributed by atoms with van der Waals surface area (Å²) in [5.74, 6) is -0.209. The third-order valence-corrected chi connectivity index (χ3v) is 2.85. The van der Waals surface area contributed by atoms with E-state index in [1.165, 1.54) is 0 Å². The van der Waals surface area contributed by atoms with Gasteiger partial charge in [0.05, 0.1) is 11.6 Å². The van der Waals surface area contributed by atoms with Crippen molar-refractivity contribution in [2.24, 2.45) is 0 Å². The third kappa shape index (κ3) is 4.94. The first-order valence-corrected chi connectivity index (χ1v) is 6.21. The molecule has 0 amide bonds. The number of hydrogen-bond donors (Lipinski definition) is 1. The molecule has 0 fully saturated rings. The molecular weight excluding hydrogens is 254 g/mol. The van der Waals surface area contributed by atoms with Gasteiger partial charge in [-0.2, -0.15) is 0 Å². The van der Waals surface area contributed by atoms with Gasteiger partial charge in [0.25, 0.3) is 0 Å². The lowest BCUT2D eigenvalue weighted by molar-refractivity contribution is -0.138. The first-order chi connectivity index (χ1) is 8.50. The Labute approximate surface area is 112 Å². The van der Waals surface area contributed by atoms with Crippen LogP contribution in [0, 0.1) is 0 Å². The van der Waals surface area contributed by atoms with E-state index in [0.717, 1.165) is 0 Å². The summed E-state index contributed by atoms with van der Waals surface area (Å²) >= 11 is 5.95. The maximum absolute atomic E-state index is 10.7. The Morgan fingerprint density at radius 3 is 2.67 bits per heavy atom. The van der Waals surface area contributed by atoms with Crippen LogP contribution in [0.3, 0.4) is 0 Å². The molecule has 100 valence electrons. The highest BCUT2D eigenvalue weighted by atomic mass is 35.5. The standard InChI is InChI=1S/C13H18ClNO3/c1-10(2)15(9-13(16)17)7-8-18-12-6-4-3-5-11(12)14/h3-6,10H,7-9H2,1-2H3,(H,16,17). The van der Waals surface area contributed by atoms with Crippen LogP contribution < -0.4 is 4.74 Å². The minimum Gasteiger partial charge on any atom is -0.491 e. The Balaban J connectivity index is 2.44. The first kappa shape index (κ1) is 14.8. The molecule has 0 unspecified atom stereocenters. The molecule has 4 nitrogen and oxygen atoms in total. The maximum atomic E-state index is 10.7. The summed E-state index contributed by atoms with van der Waals surface area (Å²) in [6.07, 6.45) is 0. The van der Waals surface area contributed by atoms with Crippen molar-refractivity contribution in [3.05, 3.63) is 29.3 Å². The summed E-state index contributed by atoms with van der Waals surface area (Å²) in [4.78, 5) is 12.5. The summed E-state index contributed by atoms with van der Waals surface area (Å²) in [5.41, 5.74) is 0. The number of carboxylic acids is 1. The lowest BCUT2D eigenvalue weighted by Gasteiger charge is -2.24. The molecule has 0 aliphatic rings. The van der Waals surface area contributed by atoms with Crippen LogP contribution in [0.4, 0.5) is 0 Å². The van der Waals surface area contributed by atoms with Crippen molar-refractivity contribution in [2.75, 3.05) is 19.7 Å². The van der Waals surface area contributed by atoms with Gasteiger partial charge in [-0.3, -0.25) is 9.69 Å². The Morgan fingerprint density at radius 2 is 2.11 bits per heavy atom. The van der Waals surface area contributed by atoms with Gasteiger partial charge in [-0.15, -0.1) is 0 Å². The molecule has 1 aromatic rings. The predicted molar refractivity (Wildman–Crippen MR) is 71.3 cm³/mol. The zero-order valence-corrected chi connectivity index (χ0v) is 11.4. The van der Waals surface area contributed by atoms with Gasteiger partial charge in [0, 0.05) is 12.6 Å². The minimum atomic E-state index is -0.832. The number of hydrogen-bond acceptors (Lipinski definition) is 3. The molecule has 1 N–H and O–H groups in total. The van der Waals surface area contributed by atoms with Gasteiger partial charge >= 0.3 is 5.97 Å². The number of ether oxygens (including phenoxy) is 1. The van der Waals surface area contributed by atoms with Gasteiger partial charge in [-0.1, -0.05) is 23.7 Å². The SMILES string of the molecule is CC(C)N(CCOc1ccccc1Cl)CC(=O)O. The van der Waals surface area contributed by atoms with E-state index >= 15 is 0 Å². The van der Waals surface area contributed by atoms with Gasteiger partial charge in [-0.05, 0) is 26.0 Å². The van der Waals surface area contributed by atoms with Crippen molar-refractivity contribution >= 4 is 17.6 Å². The van der Waals surface area contributed by atoms with Crippen LogP contribution in [0.15, 0.2) is 24.3 Å². The van der Waals surface area contributed by atoms with Crippen molar-refractivity contribution in [2.45, 2.75) is 19.9 Å². The van der Waals surface area contributed by atoms with Crippen LogP contribution in [0.2, 0.25) is 5.02 Å². The van der Waals surface area contributed by atoms with Crippen molar-refractivity contribution < 1.29 is 14.6 Å². The largest absolute Gasteiger partial charge is 0.491 e. The summed E-state index contributed by atoms with van der Waals surface area (Å²) in [6.45, 7) is 4.89. The lowest BCUT2D eigenvalue weighted by Crippen LogP contribution is -2.38. The monoisotopic (exact) mass is 271 g/mol. The number of para-hydroxylation sites is 1. The second-order valence-electron chi connectivity index (χ2n) is 4.24. The Kier molecular flexibility index (Phi) is 5.95. The second kappa shape index (κ2) is 7.24. The summed E-state index contributed by atoms with van der Waals surface area (Å²) in [6, 6.07) is 7.39. The van der Waals surface area contributed by atoms with Crippen LogP contribution in [-0.2, 0) is 4.79 Å². The molecule has 0 aliphatic carbocycles. The zero-order chi connectivity index (χ0) is 13.5. The van der Waals surface area contributed by atoms with Crippen molar-refractivity contribution in [3.8, 4) is 5.75 Å². The van der Waals surface area contributed by atoms with E-state index in [0.29, 0.717) is 23.9 Å². The Bertz CT molecular complexity index is 396. The molecule has 1 rings (SSSR count). The molecular formula is C13H18ClNO3. The third-order valence-electron chi connectivity index (χ3n) is 2.54. The van der Waals surface area contributed by atoms with Crippen molar-refractivity contribution in [1.82, 2.24) is 4.90 Å². The molecule has 0 aliphatic heterocycles. The lowest BCUT2D eigenvalue weighted by atomic mass is 10.3. The second-order valence-corrected chi connectivity index (χ2v) is 4.64. The zero-order valence-electron chi connectivity index (χ0n) is 10.6. The van der Waals surface area contributed by atoms with Gasteiger partial charge < -0.3 is 9.84 Å². The number of carbonyl (C=O) groups is 1. The predicted octanol–water partition coefficient (Wildman–Crippen LogP) is 2.51. The van der Waals surface area contributed by atoms with Gasteiger partial charge in [0.2, 0.25) is 0 Å². The fraction of sp³-hybridized carbons (Fsp3) is 0.462. The average Bonchev–Trinajstić information content (AvgIpc) is 2.29. The van der Waals surface area contributed by atoms with E-state index in [4.69, 9.17) is 21.4 Å². The number of halogens is 1. The number of carboxylic acid groups (broad SMARTS) is 1. The fourth-order valence-electron chi connectivity index (χ4n) is 1.53. The van der Waals surface area contributed by atoms with Crippen molar-refractivity contribution in [1.29, 1.82) is 0 Å². The first-order valence-electron chi connectivity index (χ1n) is 5.84. The summed E-state index contributed by atoms with van der Waals surface area (Å²) < 4.78 is 5.53. The summed E-state index contributed by atoms with van der Waals surface area (Å²) in [7, 11) is 0. The van der Waals surface area contributed by atoms with E-state index < -0.39 is 5.97 Å². The smallest absolute Gasteiger partial charge is 0.317 e. The highest BCUT2D eigenvalue weighted by Crippen LogP contribution is 2.22. The number of aliphatic carboxylic acids is 1. The molecule has 1 aromatic carbocycles. The van der Waals surface area contributed by atoms with Crippen LogP contribution in [-0.4, -0.2) is 41.7 Å². The van der Waals surface area contributed by atoms with Crippen molar-refractivity contribution in [3.63, 3.8) is 0 Å². The average molecular weight is 272 g/mol. The minimum absolute atomic E-state index is 0.0174. The van der Waals surface area contributed by atoms with E-state index in [9.17, 15) is 4.79 Å². The highest BCUT2D eigenvalue weighted by molar-refractivity contribution is 6.32. The Morgan fingerprint density at radius 1 is 1.44 bits per heavy atom. The molecule has 0 radical (unpaired) electrons. The van der Waals surface area contributed by atoms with E-state index in [1.54, 1.807) is 12.1 Å². The number of rotatable bonds is 7. The fourth-order valence-corrected chi connectivity index (χ4v) is 1.72. The molecule has 0 saturated carbocycles. The van der Waals surface area contributed by atoms with E-state index in [2.05, 4.69) is 0 Å². The number of benzene rings is 1. The maximum Gasteiger partial charge on any atom is 0.317 e. The van der Waals surface area contributed by atoms with Crippen LogP contribution in [0.25, 0.3) is 0 Å². The molecule has 0 atom stereocenters. The van der Waals surface area contributed by atoms with E-state index in [-0.39, 0.29) is 12.6 Å². The molecule has 0 spiro atoms. The van der Waals surface area contributed by atoms with Crippen LogP contribution in [0.5, 0.6) is 5.75 Å². The van der Waals surface area contributed by atoms with E-state index in [1.807, 2.05) is 30.9 Å². The molecule has 0 aromatic heterocycles. The topological polar surface area (TPSA) is 49.8 Å². The molecule has 5 heteroatoms. The molecule has 0 bridgehead atoms. The molecule has 18 heavy (non-hydrogen) atoms. The van der Waals surface area contributed by atoms with Gasteiger partial charge in [-0.25, -0.2) is 0 Å². The summed E-state index contributed by atoms with van der Waals surface area (Å²) in [5, 5.41) is 9.35. The Hall–Kier alpha value is -1.26. The number of nitrogens with zero attached hydrogens (tertiary/aromatic N) is 1. The van der Waals surface area contributed by atoms with Gasteiger partial charge in [0.1, 0.15) is 12.4 Å². The highest BCUT2D eigenvalue weighted by Gasteiger charge is 2.13. The molecule has 0 saturated heterocycles. The van der Waals surface area contributed by atoms with Crippen LogP contribution >= 0.6 is 11.6 Å². The molecule has 0 heterocycles.